The number of aromatic nitrogens is 2. The van der Waals surface area contributed by atoms with Gasteiger partial charge in [0.05, 0.1) is 20.3 Å². The maximum atomic E-state index is 5.94. The van der Waals surface area contributed by atoms with Crippen LogP contribution in [0.4, 0.5) is 11.8 Å². The maximum absolute atomic E-state index is 5.94. The van der Waals surface area contributed by atoms with Gasteiger partial charge < -0.3 is 25.7 Å². The second-order valence-corrected chi connectivity index (χ2v) is 5.48. The lowest BCUT2D eigenvalue weighted by Crippen LogP contribution is -2.12. The Hall–Kier alpha value is -2.70. The zero-order valence-corrected chi connectivity index (χ0v) is 14.5. The second kappa shape index (κ2) is 7.72. The fourth-order valence-corrected chi connectivity index (χ4v) is 2.23. The van der Waals surface area contributed by atoms with E-state index in [0.717, 1.165) is 17.5 Å². The van der Waals surface area contributed by atoms with E-state index >= 15 is 0 Å². The molecule has 0 aliphatic rings. The molecule has 0 radical (unpaired) electrons. The monoisotopic (exact) mass is 332 g/mol. The largest absolute Gasteiger partial charge is 0.493 e. The van der Waals surface area contributed by atoms with E-state index in [9.17, 15) is 0 Å². The van der Waals surface area contributed by atoms with Crippen molar-refractivity contribution in [3.63, 3.8) is 0 Å². The quantitative estimate of drug-likeness (QED) is 0.802. The van der Waals surface area contributed by atoms with Crippen molar-refractivity contribution in [1.82, 2.24) is 9.97 Å². The topological polar surface area (TPSA) is 106 Å². The van der Waals surface area contributed by atoms with E-state index in [0.29, 0.717) is 29.5 Å². The van der Waals surface area contributed by atoms with Crippen LogP contribution in [-0.4, -0.2) is 30.3 Å². The third kappa shape index (κ3) is 3.98. The molecule has 2 rings (SSSR count). The first-order valence-corrected chi connectivity index (χ1v) is 7.76. The van der Waals surface area contributed by atoms with Gasteiger partial charge in [-0.3, -0.25) is 0 Å². The molecule has 1 atom stereocenters. The minimum absolute atomic E-state index is 0.0554. The van der Waals surface area contributed by atoms with Gasteiger partial charge in [0.2, 0.25) is 11.7 Å². The zero-order chi connectivity index (χ0) is 17.7. The standard InChI is InChI=1S/C17H24N4O3/c1-5-10(2)24-15-13(22-3)7-11(8-14(15)23-4)6-12-9-20-17(19)21-16(12)18/h7-10H,5-6H2,1-4H3,(H4,18,19,20,21). The van der Waals surface area contributed by atoms with E-state index in [2.05, 4.69) is 16.9 Å². The average Bonchev–Trinajstić information content (AvgIpc) is 2.57. The van der Waals surface area contributed by atoms with Crippen molar-refractivity contribution < 1.29 is 14.2 Å². The van der Waals surface area contributed by atoms with Crippen molar-refractivity contribution >= 4 is 11.8 Å². The van der Waals surface area contributed by atoms with Gasteiger partial charge in [0.15, 0.2) is 11.5 Å². The Morgan fingerprint density at radius 2 is 1.75 bits per heavy atom. The number of methoxy groups -OCH3 is 2. The Balaban J connectivity index is 2.37. The highest BCUT2D eigenvalue weighted by atomic mass is 16.5. The van der Waals surface area contributed by atoms with Crippen molar-refractivity contribution in [2.45, 2.75) is 32.8 Å². The van der Waals surface area contributed by atoms with Gasteiger partial charge in [-0.05, 0) is 31.0 Å². The van der Waals surface area contributed by atoms with Crippen molar-refractivity contribution in [3.05, 3.63) is 29.5 Å². The first-order valence-electron chi connectivity index (χ1n) is 7.76. The molecule has 0 spiro atoms. The third-order valence-corrected chi connectivity index (χ3v) is 3.73. The van der Waals surface area contributed by atoms with Crippen molar-refractivity contribution in [1.29, 1.82) is 0 Å². The normalized spacial score (nSPS) is 11.8. The van der Waals surface area contributed by atoms with Gasteiger partial charge in [0.1, 0.15) is 5.82 Å². The van der Waals surface area contributed by atoms with Crippen LogP contribution in [0.25, 0.3) is 0 Å². The minimum Gasteiger partial charge on any atom is -0.493 e. The Morgan fingerprint density at radius 3 is 2.25 bits per heavy atom. The van der Waals surface area contributed by atoms with Gasteiger partial charge in [-0.1, -0.05) is 6.92 Å². The van der Waals surface area contributed by atoms with Crippen LogP contribution in [0.1, 0.15) is 31.4 Å². The summed E-state index contributed by atoms with van der Waals surface area (Å²) in [5.74, 6) is 2.34. The highest BCUT2D eigenvalue weighted by Gasteiger charge is 2.17. The molecule has 7 heteroatoms. The molecular formula is C17H24N4O3. The Morgan fingerprint density at radius 1 is 1.12 bits per heavy atom. The third-order valence-electron chi connectivity index (χ3n) is 3.73. The summed E-state index contributed by atoms with van der Waals surface area (Å²) in [6.45, 7) is 4.06. The molecule has 7 nitrogen and oxygen atoms in total. The molecular weight excluding hydrogens is 308 g/mol. The predicted octanol–water partition coefficient (Wildman–Crippen LogP) is 2.43. The van der Waals surface area contributed by atoms with Gasteiger partial charge in [0.25, 0.3) is 0 Å². The SMILES string of the molecule is CCC(C)Oc1c(OC)cc(Cc2cnc(N)nc2N)cc1OC. The first-order chi connectivity index (χ1) is 11.5. The molecule has 0 aliphatic carbocycles. The number of ether oxygens (including phenoxy) is 3. The fraction of sp³-hybridized carbons (Fsp3) is 0.412. The lowest BCUT2D eigenvalue weighted by atomic mass is 10.1. The zero-order valence-electron chi connectivity index (χ0n) is 14.5. The van der Waals surface area contributed by atoms with Gasteiger partial charge >= 0.3 is 0 Å². The molecule has 0 fully saturated rings. The highest BCUT2D eigenvalue weighted by molar-refractivity contribution is 5.55. The molecule has 1 unspecified atom stereocenters. The fourth-order valence-electron chi connectivity index (χ4n) is 2.23. The van der Waals surface area contributed by atoms with Crippen LogP contribution in [0.2, 0.25) is 0 Å². The predicted molar refractivity (Wildman–Crippen MR) is 93.6 cm³/mol. The lowest BCUT2D eigenvalue weighted by molar-refractivity contribution is 0.198. The summed E-state index contributed by atoms with van der Waals surface area (Å²) in [6, 6.07) is 3.80. The Bertz CT molecular complexity index is 681. The van der Waals surface area contributed by atoms with Gasteiger partial charge in [-0.2, -0.15) is 4.98 Å². The summed E-state index contributed by atoms with van der Waals surface area (Å²) in [7, 11) is 3.20. The van der Waals surface area contributed by atoms with Gasteiger partial charge in [-0.15, -0.1) is 0 Å². The molecule has 4 N–H and O–H groups in total. The van der Waals surface area contributed by atoms with E-state index in [1.807, 2.05) is 19.1 Å². The molecule has 0 saturated carbocycles. The van der Waals surface area contributed by atoms with Crippen molar-refractivity contribution in [2.24, 2.45) is 0 Å². The van der Waals surface area contributed by atoms with E-state index in [1.165, 1.54) is 0 Å². The van der Waals surface area contributed by atoms with Crippen LogP contribution in [0.5, 0.6) is 17.2 Å². The Labute approximate surface area is 142 Å². The maximum Gasteiger partial charge on any atom is 0.221 e. The molecule has 0 aliphatic heterocycles. The summed E-state index contributed by atoms with van der Waals surface area (Å²) in [5, 5.41) is 0. The van der Waals surface area contributed by atoms with Gasteiger partial charge in [0, 0.05) is 18.2 Å². The van der Waals surface area contributed by atoms with Crippen LogP contribution in [0, 0.1) is 0 Å². The number of nitrogens with two attached hydrogens (primary N) is 2. The first kappa shape index (κ1) is 17.7. The van der Waals surface area contributed by atoms with Crippen molar-refractivity contribution in [3.8, 4) is 17.2 Å². The van der Waals surface area contributed by atoms with Crippen LogP contribution < -0.4 is 25.7 Å². The van der Waals surface area contributed by atoms with Crippen LogP contribution in [0.15, 0.2) is 18.3 Å². The summed E-state index contributed by atoms with van der Waals surface area (Å²) < 4.78 is 16.9. The number of rotatable bonds is 7. The average molecular weight is 332 g/mol. The van der Waals surface area contributed by atoms with E-state index in [4.69, 9.17) is 25.7 Å². The summed E-state index contributed by atoms with van der Waals surface area (Å²) in [5.41, 5.74) is 13.2. The molecule has 130 valence electrons. The number of hydrogen-bond donors (Lipinski definition) is 2. The van der Waals surface area contributed by atoms with Crippen molar-refractivity contribution in [2.75, 3.05) is 25.7 Å². The molecule has 1 aromatic carbocycles. The molecule has 0 saturated heterocycles. The number of hydrogen-bond acceptors (Lipinski definition) is 7. The smallest absolute Gasteiger partial charge is 0.221 e. The molecule has 0 bridgehead atoms. The minimum atomic E-state index is 0.0554. The van der Waals surface area contributed by atoms with E-state index in [-0.39, 0.29) is 12.1 Å². The summed E-state index contributed by atoms with van der Waals surface area (Å²) in [6.07, 6.45) is 3.09. The molecule has 1 aromatic heterocycles. The Kier molecular flexibility index (Phi) is 5.68. The number of anilines is 2. The van der Waals surface area contributed by atoms with Crippen LogP contribution in [0.3, 0.4) is 0 Å². The number of nitrogen functional groups attached to an aromatic ring is 2. The number of benzene rings is 1. The van der Waals surface area contributed by atoms with E-state index in [1.54, 1.807) is 20.4 Å². The molecule has 24 heavy (non-hydrogen) atoms. The molecule has 2 aromatic rings. The highest BCUT2D eigenvalue weighted by Crippen LogP contribution is 2.40. The summed E-state index contributed by atoms with van der Waals surface area (Å²) >= 11 is 0. The van der Waals surface area contributed by atoms with Gasteiger partial charge in [-0.25, -0.2) is 4.98 Å². The van der Waals surface area contributed by atoms with Crippen LogP contribution >= 0.6 is 0 Å². The lowest BCUT2D eigenvalue weighted by Gasteiger charge is -2.19. The summed E-state index contributed by atoms with van der Waals surface area (Å²) in [4.78, 5) is 7.97. The molecule has 0 amide bonds. The second-order valence-electron chi connectivity index (χ2n) is 5.48. The number of nitrogens with zero attached hydrogens (tertiary/aromatic N) is 2. The van der Waals surface area contributed by atoms with Crippen LogP contribution in [-0.2, 0) is 6.42 Å². The molecule has 1 heterocycles. The van der Waals surface area contributed by atoms with E-state index < -0.39 is 0 Å².